The number of halogens is 3. The second kappa shape index (κ2) is 7.44. The Hall–Kier alpha value is -2.11. The number of alkyl halides is 1. The molecule has 0 aliphatic heterocycles. The van der Waals surface area contributed by atoms with Crippen molar-refractivity contribution in [2.75, 3.05) is 12.4 Å². The summed E-state index contributed by atoms with van der Waals surface area (Å²) in [6.45, 7) is 0. The van der Waals surface area contributed by atoms with Crippen LogP contribution in [0.5, 0.6) is 5.75 Å². The zero-order valence-electron chi connectivity index (χ0n) is 12.2. The number of fused-ring (bicyclic) bond motifs is 1. The topological polar surface area (TPSA) is 47.0 Å². The molecular weight excluding hydrogens is 340 g/mol. The summed E-state index contributed by atoms with van der Waals surface area (Å²) in [5.74, 6) is 1.22. The van der Waals surface area contributed by atoms with Gasteiger partial charge in [-0.15, -0.1) is 24.0 Å². The summed E-state index contributed by atoms with van der Waals surface area (Å²) in [4.78, 5) is 8.70. The fraction of sp³-hybridized carbons (Fsp3) is 0.125. The fourth-order valence-corrected chi connectivity index (χ4v) is 2.25. The minimum atomic E-state index is -0.422. The van der Waals surface area contributed by atoms with E-state index in [9.17, 15) is 4.39 Å². The van der Waals surface area contributed by atoms with Gasteiger partial charge in [0.1, 0.15) is 23.2 Å². The molecule has 0 spiro atoms. The average Bonchev–Trinajstić information content (AvgIpc) is 2.56. The molecule has 0 amide bonds. The Morgan fingerprint density at radius 1 is 1.17 bits per heavy atom. The lowest BCUT2D eigenvalue weighted by atomic mass is 10.2. The quantitative estimate of drug-likeness (QED) is 0.691. The van der Waals surface area contributed by atoms with E-state index in [0.29, 0.717) is 23.1 Å². The molecule has 0 unspecified atom stereocenters. The predicted molar refractivity (Wildman–Crippen MR) is 92.6 cm³/mol. The average molecular weight is 354 g/mol. The Balaban J connectivity index is 0.00000192. The smallest absolute Gasteiger partial charge is 0.150 e. The molecule has 0 saturated carbocycles. The molecule has 23 heavy (non-hydrogen) atoms. The van der Waals surface area contributed by atoms with Crippen molar-refractivity contribution >= 4 is 46.4 Å². The first-order chi connectivity index (χ1) is 10.7. The molecule has 1 aromatic heterocycles. The maximum atomic E-state index is 14.1. The third-order valence-corrected chi connectivity index (χ3v) is 3.44. The van der Waals surface area contributed by atoms with Gasteiger partial charge < -0.3 is 10.1 Å². The number of hydrogen-bond donors (Lipinski definition) is 1. The molecule has 0 aliphatic rings. The molecule has 0 saturated heterocycles. The van der Waals surface area contributed by atoms with Crippen LogP contribution in [0, 0.1) is 5.82 Å². The van der Waals surface area contributed by atoms with Crippen molar-refractivity contribution < 1.29 is 9.13 Å². The lowest BCUT2D eigenvalue weighted by Gasteiger charge is -2.11. The molecule has 0 bridgehead atoms. The third kappa shape index (κ3) is 3.63. The Bertz CT molecular complexity index is 830. The number of hydrogen-bond acceptors (Lipinski definition) is 4. The second-order valence-electron chi connectivity index (χ2n) is 4.61. The molecular formula is C16H14Cl2FN3O. The van der Waals surface area contributed by atoms with Gasteiger partial charge in [0.15, 0.2) is 0 Å². The largest absolute Gasteiger partial charge is 0.497 e. The van der Waals surface area contributed by atoms with Crippen molar-refractivity contribution in [1.29, 1.82) is 0 Å². The summed E-state index contributed by atoms with van der Waals surface area (Å²) in [5.41, 5.74) is 1.06. The van der Waals surface area contributed by atoms with Gasteiger partial charge in [0, 0.05) is 11.5 Å². The van der Waals surface area contributed by atoms with Crippen LogP contribution in [0.2, 0.25) is 0 Å². The van der Waals surface area contributed by atoms with Crippen LogP contribution in [0.3, 0.4) is 0 Å². The number of aromatic nitrogens is 2. The summed E-state index contributed by atoms with van der Waals surface area (Å²) < 4.78 is 19.1. The van der Waals surface area contributed by atoms with E-state index >= 15 is 0 Å². The van der Waals surface area contributed by atoms with Crippen molar-refractivity contribution in [3.8, 4) is 5.75 Å². The number of para-hydroxylation sites is 1. The van der Waals surface area contributed by atoms with Crippen molar-refractivity contribution in [3.05, 3.63) is 54.1 Å². The maximum Gasteiger partial charge on any atom is 0.150 e. The van der Waals surface area contributed by atoms with Gasteiger partial charge in [0.25, 0.3) is 0 Å². The molecule has 0 radical (unpaired) electrons. The van der Waals surface area contributed by atoms with Crippen molar-refractivity contribution in [3.63, 3.8) is 0 Å². The molecule has 1 N–H and O–H groups in total. The fourth-order valence-electron chi connectivity index (χ4n) is 2.13. The van der Waals surface area contributed by atoms with E-state index in [4.69, 9.17) is 16.3 Å². The SMILES string of the molecule is COc1ccc(Nc2nc(CCl)nc3ccccc23)c(F)c1.Cl. The third-order valence-electron chi connectivity index (χ3n) is 3.20. The molecule has 3 aromatic rings. The van der Waals surface area contributed by atoms with Crippen LogP contribution in [0.25, 0.3) is 10.9 Å². The molecule has 1 heterocycles. The van der Waals surface area contributed by atoms with E-state index in [0.717, 1.165) is 10.9 Å². The number of rotatable bonds is 4. The highest BCUT2D eigenvalue weighted by Gasteiger charge is 2.10. The zero-order chi connectivity index (χ0) is 15.5. The first-order valence-electron chi connectivity index (χ1n) is 6.63. The summed E-state index contributed by atoms with van der Waals surface area (Å²) in [6, 6.07) is 12.1. The molecule has 3 rings (SSSR count). The van der Waals surface area contributed by atoms with Gasteiger partial charge in [0.05, 0.1) is 24.2 Å². The van der Waals surface area contributed by atoms with Crippen molar-refractivity contribution in [2.45, 2.75) is 5.88 Å². The summed E-state index contributed by atoms with van der Waals surface area (Å²) >= 11 is 5.83. The van der Waals surface area contributed by atoms with Crippen molar-refractivity contribution in [2.24, 2.45) is 0 Å². The number of methoxy groups -OCH3 is 1. The van der Waals surface area contributed by atoms with E-state index in [1.54, 1.807) is 12.1 Å². The lowest BCUT2D eigenvalue weighted by molar-refractivity contribution is 0.411. The van der Waals surface area contributed by atoms with Gasteiger partial charge in [-0.05, 0) is 24.3 Å². The van der Waals surface area contributed by atoms with Gasteiger partial charge in [-0.3, -0.25) is 0 Å². The standard InChI is InChI=1S/C16H13ClFN3O.ClH/c1-22-10-6-7-14(12(18)8-10)20-16-11-4-2-3-5-13(11)19-15(9-17)21-16;/h2-8H,9H2,1H3,(H,19,20,21);1H. The number of nitrogens with zero attached hydrogens (tertiary/aromatic N) is 2. The Morgan fingerprint density at radius 3 is 2.65 bits per heavy atom. The van der Waals surface area contributed by atoms with Crippen molar-refractivity contribution in [1.82, 2.24) is 9.97 Å². The molecule has 120 valence electrons. The summed E-state index contributed by atoms with van der Waals surface area (Å²) in [6.07, 6.45) is 0. The van der Waals surface area contributed by atoms with E-state index in [1.165, 1.54) is 13.2 Å². The molecule has 0 aliphatic carbocycles. The highest BCUT2D eigenvalue weighted by atomic mass is 35.5. The molecule has 0 atom stereocenters. The van der Waals surface area contributed by atoms with E-state index < -0.39 is 5.82 Å². The highest BCUT2D eigenvalue weighted by molar-refractivity contribution is 6.16. The monoisotopic (exact) mass is 353 g/mol. The molecule has 4 nitrogen and oxygen atoms in total. The molecule has 7 heteroatoms. The number of benzene rings is 2. The minimum Gasteiger partial charge on any atom is -0.497 e. The molecule has 0 fully saturated rings. The Morgan fingerprint density at radius 2 is 1.96 bits per heavy atom. The van der Waals surface area contributed by atoms with Crippen LogP contribution in [0.1, 0.15) is 5.82 Å². The lowest BCUT2D eigenvalue weighted by Crippen LogP contribution is -2.02. The second-order valence-corrected chi connectivity index (χ2v) is 4.88. The van der Waals surface area contributed by atoms with Crippen LogP contribution in [0.15, 0.2) is 42.5 Å². The van der Waals surface area contributed by atoms with Gasteiger partial charge in [-0.1, -0.05) is 12.1 Å². The zero-order valence-corrected chi connectivity index (χ0v) is 13.8. The van der Waals surface area contributed by atoms with Crippen LogP contribution in [-0.4, -0.2) is 17.1 Å². The summed E-state index contributed by atoms with van der Waals surface area (Å²) in [7, 11) is 1.49. The summed E-state index contributed by atoms with van der Waals surface area (Å²) in [5, 5.41) is 3.80. The minimum absolute atomic E-state index is 0. The highest BCUT2D eigenvalue weighted by Crippen LogP contribution is 2.27. The van der Waals surface area contributed by atoms with E-state index in [1.807, 2.05) is 24.3 Å². The van der Waals surface area contributed by atoms with Gasteiger partial charge in [0.2, 0.25) is 0 Å². The maximum absolute atomic E-state index is 14.1. The van der Waals surface area contributed by atoms with Gasteiger partial charge in [-0.25, -0.2) is 14.4 Å². The molecule has 2 aromatic carbocycles. The van der Waals surface area contributed by atoms with Crippen LogP contribution in [-0.2, 0) is 5.88 Å². The van der Waals surface area contributed by atoms with Crippen LogP contribution >= 0.6 is 24.0 Å². The first kappa shape index (κ1) is 17.2. The number of ether oxygens (including phenoxy) is 1. The van der Waals surface area contributed by atoms with Gasteiger partial charge >= 0.3 is 0 Å². The van der Waals surface area contributed by atoms with Crippen LogP contribution < -0.4 is 10.1 Å². The number of anilines is 2. The first-order valence-corrected chi connectivity index (χ1v) is 7.17. The van der Waals surface area contributed by atoms with Crippen LogP contribution in [0.4, 0.5) is 15.9 Å². The van der Waals surface area contributed by atoms with E-state index in [-0.39, 0.29) is 18.3 Å². The Kier molecular flexibility index (Phi) is 5.58. The van der Waals surface area contributed by atoms with E-state index in [2.05, 4.69) is 15.3 Å². The Labute approximate surface area is 144 Å². The van der Waals surface area contributed by atoms with Gasteiger partial charge in [-0.2, -0.15) is 0 Å². The number of nitrogens with one attached hydrogen (secondary N) is 1. The predicted octanol–water partition coefficient (Wildman–Crippen LogP) is 4.68. The normalized spacial score (nSPS) is 10.2.